The second kappa shape index (κ2) is 6.92. The van der Waals surface area contributed by atoms with Crippen LogP contribution in [0, 0.1) is 13.8 Å². The van der Waals surface area contributed by atoms with Crippen molar-refractivity contribution in [3.63, 3.8) is 0 Å². The predicted octanol–water partition coefficient (Wildman–Crippen LogP) is 2.35. The Morgan fingerprint density at radius 2 is 1.79 bits per heavy atom. The summed E-state index contributed by atoms with van der Waals surface area (Å²) in [5.74, 6) is 0. The summed E-state index contributed by atoms with van der Waals surface area (Å²) in [6.45, 7) is 11.5. The summed E-state index contributed by atoms with van der Waals surface area (Å²) in [6, 6.07) is 6.61. The van der Waals surface area contributed by atoms with E-state index < -0.39 is 0 Å². The van der Waals surface area contributed by atoms with Gasteiger partial charge < -0.3 is 15.1 Å². The molecule has 1 fully saturated rings. The minimum Gasteiger partial charge on any atom is -0.385 e. The SMILES string of the molecule is Cc1ccc(NCCCN2CCN(C)CC2)cc1C. The molecule has 3 nitrogen and oxygen atoms in total. The van der Waals surface area contributed by atoms with Gasteiger partial charge in [-0.2, -0.15) is 0 Å². The van der Waals surface area contributed by atoms with Gasteiger partial charge in [-0.1, -0.05) is 6.07 Å². The molecule has 1 saturated heterocycles. The summed E-state index contributed by atoms with van der Waals surface area (Å²) in [5.41, 5.74) is 3.98. The van der Waals surface area contributed by atoms with Gasteiger partial charge in [0, 0.05) is 38.4 Å². The number of aryl methyl sites for hydroxylation is 2. The Bertz CT molecular complexity index is 395. The first-order valence-electron chi connectivity index (χ1n) is 7.37. The molecule has 0 saturated carbocycles. The predicted molar refractivity (Wildman–Crippen MR) is 83.0 cm³/mol. The van der Waals surface area contributed by atoms with Gasteiger partial charge in [0.15, 0.2) is 0 Å². The molecular weight excluding hydrogens is 234 g/mol. The third-order valence-electron chi connectivity index (χ3n) is 4.08. The van der Waals surface area contributed by atoms with E-state index in [1.54, 1.807) is 0 Å². The monoisotopic (exact) mass is 261 g/mol. The largest absolute Gasteiger partial charge is 0.385 e. The standard InChI is InChI=1S/C16H27N3/c1-14-5-6-16(13-15(14)2)17-7-4-8-19-11-9-18(3)10-12-19/h5-6,13,17H,4,7-12H2,1-3H3. The van der Waals surface area contributed by atoms with Gasteiger partial charge in [-0.05, 0) is 57.1 Å². The maximum Gasteiger partial charge on any atom is 0.0343 e. The maximum absolute atomic E-state index is 3.52. The molecule has 1 aliphatic heterocycles. The summed E-state index contributed by atoms with van der Waals surface area (Å²) < 4.78 is 0. The van der Waals surface area contributed by atoms with E-state index in [9.17, 15) is 0 Å². The highest BCUT2D eigenvalue weighted by molar-refractivity contribution is 5.47. The molecule has 3 heteroatoms. The molecule has 0 spiro atoms. The Hall–Kier alpha value is -1.06. The molecule has 2 rings (SSSR count). The van der Waals surface area contributed by atoms with Crippen LogP contribution in [0.5, 0.6) is 0 Å². The van der Waals surface area contributed by atoms with E-state index in [1.807, 2.05) is 0 Å². The van der Waals surface area contributed by atoms with Crippen LogP contribution in [0.2, 0.25) is 0 Å². The van der Waals surface area contributed by atoms with Gasteiger partial charge in [-0.3, -0.25) is 0 Å². The average Bonchev–Trinajstić information content (AvgIpc) is 2.41. The van der Waals surface area contributed by atoms with Crippen molar-refractivity contribution >= 4 is 5.69 Å². The number of hydrogen-bond acceptors (Lipinski definition) is 3. The van der Waals surface area contributed by atoms with Crippen molar-refractivity contribution < 1.29 is 0 Å². The fourth-order valence-electron chi connectivity index (χ4n) is 2.46. The Kier molecular flexibility index (Phi) is 5.23. The van der Waals surface area contributed by atoms with Crippen LogP contribution in [0.3, 0.4) is 0 Å². The van der Waals surface area contributed by atoms with Crippen LogP contribution >= 0.6 is 0 Å². The lowest BCUT2D eigenvalue weighted by Crippen LogP contribution is -2.44. The Morgan fingerprint density at radius 1 is 1.05 bits per heavy atom. The molecule has 0 radical (unpaired) electrons. The van der Waals surface area contributed by atoms with Crippen LogP contribution in [-0.4, -0.2) is 56.1 Å². The van der Waals surface area contributed by atoms with Crippen molar-refractivity contribution in [2.75, 3.05) is 51.6 Å². The first kappa shape index (κ1) is 14.4. The van der Waals surface area contributed by atoms with E-state index in [-0.39, 0.29) is 0 Å². The first-order chi connectivity index (χ1) is 9.15. The molecule has 1 aromatic rings. The number of nitrogens with one attached hydrogen (secondary N) is 1. The van der Waals surface area contributed by atoms with E-state index in [2.05, 4.69) is 54.2 Å². The molecule has 1 N–H and O–H groups in total. The third-order valence-corrected chi connectivity index (χ3v) is 4.08. The minimum atomic E-state index is 1.06. The van der Waals surface area contributed by atoms with Crippen molar-refractivity contribution in [3.8, 4) is 0 Å². The second-order valence-electron chi connectivity index (χ2n) is 5.72. The third kappa shape index (κ3) is 4.51. The van der Waals surface area contributed by atoms with Gasteiger partial charge in [-0.25, -0.2) is 0 Å². The summed E-state index contributed by atoms with van der Waals surface area (Å²) in [6.07, 6.45) is 1.22. The van der Waals surface area contributed by atoms with E-state index in [0.717, 1.165) is 6.54 Å². The molecular formula is C16H27N3. The number of anilines is 1. The van der Waals surface area contributed by atoms with Gasteiger partial charge in [0.05, 0.1) is 0 Å². The van der Waals surface area contributed by atoms with Gasteiger partial charge in [-0.15, -0.1) is 0 Å². The molecule has 0 aliphatic carbocycles. The highest BCUT2D eigenvalue weighted by Crippen LogP contribution is 2.14. The lowest BCUT2D eigenvalue weighted by Gasteiger charge is -2.32. The molecule has 1 heterocycles. The molecule has 0 atom stereocenters. The number of benzene rings is 1. The molecule has 0 bridgehead atoms. The molecule has 19 heavy (non-hydrogen) atoms. The zero-order valence-corrected chi connectivity index (χ0v) is 12.6. The smallest absolute Gasteiger partial charge is 0.0343 e. The van der Waals surface area contributed by atoms with Crippen molar-refractivity contribution in [1.29, 1.82) is 0 Å². The Morgan fingerprint density at radius 3 is 2.47 bits per heavy atom. The van der Waals surface area contributed by atoms with Crippen molar-refractivity contribution in [2.24, 2.45) is 0 Å². The summed E-state index contributed by atoms with van der Waals surface area (Å²) >= 11 is 0. The van der Waals surface area contributed by atoms with Crippen molar-refractivity contribution in [1.82, 2.24) is 9.80 Å². The first-order valence-corrected chi connectivity index (χ1v) is 7.37. The van der Waals surface area contributed by atoms with Crippen molar-refractivity contribution in [2.45, 2.75) is 20.3 Å². The highest BCUT2D eigenvalue weighted by atomic mass is 15.2. The molecule has 0 unspecified atom stereocenters. The average molecular weight is 261 g/mol. The van der Waals surface area contributed by atoms with Crippen LogP contribution in [0.1, 0.15) is 17.5 Å². The number of piperazine rings is 1. The minimum absolute atomic E-state index is 1.06. The maximum atomic E-state index is 3.52. The Balaban J connectivity index is 1.65. The van der Waals surface area contributed by atoms with Crippen molar-refractivity contribution in [3.05, 3.63) is 29.3 Å². The van der Waals surface area contributed by atoms with Gasteiger partial charge in [0.1, 0.15) is 0 Å². The molecule has 0 amide bonds. The van der Waals surface area contributed by atoms with Gasteiger partial charge >= 0.3 is 0 Å². The number of likely N-dealkylation sites (N-methyl/N-ethyl adjacent to an activating group) is 1. The summed E-state index contributed by atoms with van der Waals surface area (Å²) in [4.78, 5) is 4.98. The lowest BCUT2D eigenvalue weighted by molar-refractivity contribution is 0.154. The fourth-order valence-corrected chi connectivity index (χ4v) is 2.46. The number of hydrogen-bond donors (Lipinski definition) is 1. The molecule has 1 aromatic carbocycles. The van der Waals surface area contributed by atoms with Crippen LogP contribution in [0.25, 0.3) is 0 Å². The molecule has 0 aromatic heterocycles. The van der Waals surface area contributed by atoms with Crippen LogP contribution < -0.4 is 5.32 Å². The highest BCUT2D eigenvalue weighted by Gasteiger charge is 2.12. The van der Waals surface area contributed by atoms with E-state index >= 15 is 0 Å². The normalized spacial score (nSPS) is 17.6. The van der Waals surface area contributed by atoms with E-state index in [0.29, 0.717) is 0 Å². The molecule has 1 aliphatic rings. The fraction of sp³-hybridized carbons (Fsp3) is 0.625. The van der Waals surface area contributed by atoms with E-state index in [1.165, 1.54) is 56.0 Å². The summed E-state index contributed by atoms with van der Waals surface area (Å²) in [5, 5.41) is 3.52. The topological polar surface area (TPSA) is 18.5 Å². The second-order valence-corrected chi connectivity index (χ2v) is 5.72. The zero-order valence-electron chi connectivity index (χ0n) is 12.6. The zero-order chi connectivity index (χ0) is 13.7. The van der Waals surface area contributed by atoms with Crippen LogP contribution in [0.4, 0.5) is 5.69 Å². The number of nitrogens with zero attached hydrogens (tertiary/aromatic N) is 2. The number of rotatable bonds is 5. The van der Waals surface area contributed by atoms with Crippen LogP contribution in [-0.2, 0) is 0 Å². The summed E-state index contributed by atoms with van der Waals surface area (Å²) in [7, 11) is 2.21. The Labute approximate surface area is 117 Å². The molecule has 106 valence electrons. The lowest BCUT2D eigenvalue weighted by atomic mass is 10.1. The van der Waals surface area contributed by atoms with Crippen LogP contribution in [0.15, 0.2) is 18.2 Å². The quantitative estimate of drug-likeness (QED) is 0.821. The van der Waals surface area contributed by atoms with Gasteiger partial charge in [0.25, 0.3) is 0 Å². The van der Waals surface area contributed by atoms with E-state index in [4.69, 9.17) is 0 Å². The van der Waals surface area contributed by atoms with Gasteiger partial charge in [0.2, 0.25) is 0 Å².